The smallest absolute Gasteiger partial charge is 0.293 e. The van der Waals surface area contributed by atoms with Crippen LogP contribution >= 0.6 is 23.2 Å². The molecule has 0 saturated carbocycles. The van der Waals surface area contributed by atoms with Crippen molar-refractivity contribution in [3.05, 3.63) is 40.1 Å². The second-order valence-electron chi connectivity index (χ2n) is 4.03. The second kappa shape index (κ2) is 7.24. The fraction of sp³-hybridized carbons (Fsp3) is 0.214. The fourth-order valence-corrected chi connectivity index (χ4v) is 2.18. The molecule has 5 nitrogen and oxygen atoms in total. The first-order chi connectivity index (χ1) is 10.2. The zero-order valence-corrected chi connectivity index (χ0v) is 12.7. The van der Waals surface area contributed by atoms with Crippen molar-refractivity contribution in [1.29, 1.82) is 0 Å². The summed E-state index contributed by atoms with van der Waals surface area (Å²) in [4.78, 5) is 18.9. The third-order valence-electron chi connectivity index (χ3n) is 2.77. The van der Waals surface area contributed by atoms with Gasteiger partial charge in [0.25, 0.3) is 6.47 Å². The van der Waals surface area contributed by atoms with E-state index in [4.69, 9.17) is 32.7 Å². The Labute approximate surface area is 131 Å². The van der Waals surface area contributed by atoms with Crippen LogP contribution in [0, 0.1) is 0 Å². The lowest BCUT2D eigenvalue weighted by atomic mass is 10.1. The summed E-state index contributed by atoms with van der Waals surface area (Å²) in [5, 5.41) is 0.813. The minimum Gasteiger partial charge on any atom is -0.480 e. The maximum atomic E-state index is 10.2. The number of rotatable bonds is 6. The van der Waals surface area contributed by atoms with Gasteiger partial charge in [-0.2, -0.15) is 0 Å². The Morgan fingerprint density at radius 2 is 2.14 bits per heavy atom. The molecule has 1 heterocycles. The fourth-order valence-electron chi connectivity index (χ4n) is 1.79. The molecule has 0 aliphatic rings. The predicted molar refractivity (Wildman–Crippen MR) is 79.8 cm³/mol. The molecule has 1 aromatic carbocycles. The molecule has 0 atom stereocenters. The lowest BCUT2D eigenvalue weighted by Gasteiger charge is -2.11. The van der Waals surface area contributed by atoms with Gasteiger partial charge in [-0.05, 0) is 6.07 Å². The minimum atomic E-state index is 0.204. The molecule has 2 aromatic rings. The molecular formula is C14H12Cl2N2O3. The van der Waals surface area contributed by atoms with Gasteiger partial charge < -0.3 is 9.47 Å². The van der Waals surface area contributed by atoms with Crippen molar-refractivity contribution in [3.8, 4) is 17.1 Å². The number of hydrogen-bond acceptors (Lipinski definition) is 5. The van der Waals surface area contributed by atoms with E-state index in [-0.39, 0.29) is 6.61 Å². The number of aromatic nitrogens is 2. The van der Waals surface area contributed by atoms with Crippen LogP contribution in [-0.2, 0) is 16.0 Å². The maximum absolute atomic E-state index is 10.2. The molecule has 21 heavy (non-hydrogen) atoms. The van der Waals surface area contributed by atoms with Gasteiger partial charge in [-0.25, -0.2) is 4.98 Å². The van der Waals surface area contributed by atoms with Crippen LogP contribution < -0.4 is 4.74 Å². The Morgan fingerprint density at radius 1 is 1.33 bits per heavy atom. The molecule has 2 rings (SSSR count). The third-order valence-corrected chi connectivity index (χ3v) is 3.59. The molecule has 7 heteroatoms. The van der Waals surface area contributed by atoms with E-state index in [1.165, 1.54) is 13.3 Å². The summed E-state index contributed by atoms with van der Waals surface area (Å²) >= 11 is 12.3. The molecule has 0 aliphatic carbocycles. The van der Waals surface area contributed by atoms with Crippen LogP contribution in [0.25, 0.3) is 11.3 Å². The Hall–Kier alpha value is -1.85. The Morgan fingerprint density at radius 3 is 2.86 bits per heavy atom. The van der Waals surface area contributed by atoms with Gasteiger partial charge >= 0.3 is 0 Å². The average molecular weight is 327 g/mol. The molecule has 0 spiro atoms. The first-order valence-corrected chi connectivity index (χ1v) is 6.82. The second-order valence-corrected chi connectivity index (χ2v) is 4.81. The molecule has 0 aliphatic heterocycles. The van der Waals surface area contributed by atoms with E-state index in [0.717, 1.165) is 0 Å². The lowest BCUT2D eigenvalue weighted by Crippen LogP contribution is -2.04. The van der Waals surface area contributed by atoms with Crippen LogP contribution in [0.15, 0.2) is 24.4 Å². The van der Waals surface area contributed by atoms with Crippen LogP contribution in [0.5, 0.6) is 5.88 Å². The Bertz CT molecular complexity index is 650. The number of carbonyl (C=O) groups excluding carboxylic acids is 1. The summed E-state index contributed by atoms with van der Waals surface area (Å²) in [6.07, 6.45) is 1.91. The van der Waals surface area contributed by atoms with Gasteiger partial charge in [-0.15, -0.1) is 0 Å². The number of halogens is 2. The lowest BCUT2D eigenvalue weighted by molar-refractivity contribution is -0.128. The molecule has 1 aromatic heterocycles. The van der Waals surface area contributed by atoms with Crippen molar-refractivity contribution < 1.29 is 14.3 Å². The van der Waals surface area contributed by atoms with E-state index in [9.17, 15) is 4.79 Å². The number of nitrogens with zero attached hydrogens (tertiary/aromatic N) is 2. The average Bonchev–Trinajstić information content (AvgIpc) is 2.51. The number of methoxy groups -OCH3 is 1. The van der Waals surface area contributed by atoms with Gasteiger partial charge in [0.2, 0.25) is 5.88 Å². The highest BCUT2D eigenvalue weighted by molar-refractivity contribution is 6.43. The Kier molecular flexibility index (Phi) is 5.36. The monoisotopic (exact) mass is 326 g/mol. The molecule has 110 valence electrons. The van der Waals surface area contributed by atoms with E-state index in [0.29, 0.717) is 45.8 Å². The number of carbonyl (C=O) groups is 1. The molecule has 0 unspecified atom stereocenters. The largest absolute Gasteiger partial charge is 0.480 e. The van der Waals surface area contributed by atoms with Crippen molar-refractivity contribution in [2.75, 3.05) is 13.7 Å². The van der Waals surface area contributed by atoms with Gasteiger partial charge in [0.15, 0.2) is 0 Å². The first kappa shape index (κ1) is 15.5. The van der Waals surface area contributed by atoms with Crippen molar-refractivity contribution in [3.63, 3.8) is 0 Å². The van der Waals surface area contributed by atoms with Crippen LogP contribution in [0.2, 0.25) is 10.0 Å². The highest BCUT2D eigenvalue weighted by atomic mass is 35.5. The van der Waals surface area contributed by atoms with E-state index in [1.807, 2.05) is 0 Å². The van der Waals surface area contributed by atoms with Crippen molar-refractivity contribution in [2.24, 2.45) is 0 Å². The van der Waals surface area contributed by atoms with Gasteiger partial charge in [0.1, 0.15) is 0 Å². The molecule has 0 bridgehead atoms. The first-order valence-electron chi connectivity index (χ1n) is 6.07. The zero-order chi connectivity index (χ0) is 15.2. The van der Waals surface area contributed by atoms with Crippen LogP contribution in [0.4, 0.5) is 0 Å². The number of benzene rings is 1. The van der Waals surface area contributed by atoms with E-state index in [2.05, 4.69) is 9.97 Å². The third kappa shape index (κ3) is 3.62. The number of hydrogen-bond donors (Lipinski definition) is 0. The SMILES string of the molecule is COc1cnc(CCOC=O)c(-c2cccc(Cl)c2Cl)n1. The molecule has 0 radical (unpaired) electrons. The summed E-state index contributed by atoms with van der Waals surface area (Å²) in [5.41, 5.74) is 1.84. The van der Waals surface area contributed by atoms with Crippen LogP contribution in [0.1, 0.15) is 5.69 Å². The van der Waals surface area contributed by atoms with Gasteiger partial charge in [0, 0.05) is 12.0 Å². The van der Waals surface area contributed by atoms with Gasteiger partial charge in [-0.1, -0.05) is 35.3 Å². The Balaban J connectivity index is 2.47. The summed E-state index contributed by atoms with van der Waals surface area (Å²) in [5.74, 6) is 0.362. The van der Waals surface area contributed by atoms with Crippen LogP contribution in [-0.4, -0.2) is 30.2 Å². The van der Waals surface area contributed by atoms with E-state index < -0.39 is 0 Å². The van der Waals surface area contributed by atoms with Gasteiger partial charge in [0.05, 0.1) is 41.3 Å². The summed E-state index contributed by atoms with van der Waals surface area (Å²) < 4.78 is 9.79. The standard InChI is InChI=1S/C14H12Cl2N2O3/c1-20-12-7-17-11(5-6-21-8-19)14(18-12)9-3-2-4-10(15)13(9)16/h2-4,7-8H,5-6H2,1H3. The normalized spacial score (nSPS) is 10.2. The highest BCUT2D eigenvalue weighted by Crippen LogP contribution is 2.34. The van der Waals surface area contributed by atoms with Crippen LogP contribution in [0.3, 0.4) is 0 Å². The zero-order valence-electron chi connectivity index (χ0n) is 11.2. The quantitative estimate of drug-likeness (QED) is 0.602. The molecule has 0 amide bonds. The minimum absolute atomic E-state index is 0.204. The summed E-state index contributed by atoms with van der Waals surface area (Å²) in [6.45, 7) is 0.596. The number of ether oxygens (including phenoxy) is 2. The topological polar surface area (TPSA) is 61.3 Å². The van der Waals surface area contributed by atoms with E-state index in [1.54, 1.807) is 18.2 Å². The van der Waals surface area contributed by atoms with Gasteiger partial charge in [-0.3, -0.25) is 9.78 Å². The summed E-state index contributed by atoms with van der Waals surface area (Å²) in [6, 6.07) is 5.26. The molecular weight excluding hydrogens is 315 g/mol. The predicted octanol–water partition coefficient (Wildman–Crippen LogP) is 3.17. The van der Waals surface area contributed by atoms with Crippen molar-refractivity contribution in [1.82, 2.24) is 9.97 Å². The maximum Gasteiger partial charge on any atom is 0.293 e. The molecule has 0 fully saturated rings. The van der Waals surface area contributed by atoms with Crippen molar-refractivity contribution in [2.45, 2.75) is 6.42 Å². The summed E-state index contributed by atoms with van der Waals surface area (Å²) in [7, 11) is 1.50. The molecule has 0 saturated heterocycles. The van der Waals surface area contributed by atoms with Crippen molar-refractivity contribution >= 4 is 29.7 Å². The molecule has 0 N–H and O–H groups in total. The highest BCUT2D eigenvalue weighted by Gasteiger charge is 2.15. The van der Waals surface area contributed by atoms with E-state index >= 15 is 0 Å².